The lowest BCUT2D eigenvalue weighted by Gasteiger charge is -2.30. The van der Waals surface area contributed by atoms with Gasteiger partial charge in [-0.15, -0.1) is 0 Å². The van der Waals surface area contributed by atoms with Gasteiger partial charge in [-0.2, -0.15) is 5.26 Å². The molecular formula is C21H26N6O. The molecule has 0 atom stereocenters. The molecule has 2 aromatic rings. The number of anilines is 2. The van der Waals surface area contributed by atoms with E-state index in [-0.39, 0.29) is 11.9 Å². The van der Waals surface area contributed by atoms with Crippen LogP contribution in [0.5, 0.6) is 0 Å². The highest BCUT2D eigenvalue weighted by Crippen LogP contribution is 2.23. The first kappa shape index (κ1) is 19.6. The predicted molar refractivity (Wildman–Crippen MR) is 109 cm³/mol. The second kappa shape index (κ2) is 8.70. The molecule has 28 heavy (non-hydrogen) atoms. The van der Waals surface area contributed by atoms with Gasteiger partial charge in [0.2, 0.25) is 0 Å². The van der Waals surface area contributed by atoms with E-state index in [9.17, 15) is 4.79 Å². The number of carbonyl (C=O) groups excluding carboxylic acids is 1. The fourth-order valence-corrected chi connectivity index (χ4v) is 3.44. The molecule has 1 fully saturated rings. The highest BCUT2D eigenvalue weighted by molar-refractivity contribution is 5.94. The molecule has 1 aliphatic rings. The summed E-state index contributed by atoms with van der Waals surface area (Å²) in [5.41, 5.74) is 1.03. The van der Waals surface area contributed by atoms with Crippen LogP contribution in [0.1, 0.15) is 47.4 Å². The van der Waals surface area contributed by atoms with Crippen LogP contribution in [-0.2, 0) is 0 Å². The van der Waals surface area contributed by atoms with Gasteiger partial charge in [-0.1, -0.05) is 6.07 Å². The van der Waals surface area contributed by atoms with Gasteiger partial charge in [0.05, 0.1) is 11.6 Å². The van der Waals surface area contributed by atoms with E-state index in [2.05, 4.69) is 26.7 Å². The Morgan fingerprint density at radius 2 is 1.86 bits per heavy atom. The Kier molecular flexibility index (Phi) is 6.09. The number of amides is 1. The van der Waals surface area contributed by atoms with E-state index in [1.54, 1.807) is 24.3 Å². The largest absolute Gasteiger partial charge is 0.367 e. The molecule has 0 bridgehead atoms. The van der Waals surface area contributed by atoms with Crippen molar-refractivity contribution in [2.24, 2.45) is 0 Å². The minimum atomic E-state index is -0.115. The van der Waals surface area contributed by atoms with E-state index in [1.165, 1.54) is 0 Å². The van der Waals surface area contributed by atoms with Gasteiger partial charge < -0.3 is 15.5 Å². The highest BCUT2D eigenvalue weighted by Gasteiger charge is 2.23. The van der Waals surface area contributed by atoms with Crippen molar-refractivity contribution < 1.29 is 4.79 Å². The van der Waals surface area contributed by atoms with Gasteiger partial charge in [0, 0.05) is 37.8 Å². The van der Waals surface area contributed by atoms with Crippen molar-refractivity contribution in [3.05, 3.63) is 47.3 Å². The summed E-state index contributed by atoms with van der Waals surface area (Å²) >= 11 is 0. The van der Waals surface area contributed by atoms with E-state index in [0.29, 0.717) is 17.2 Å². The van der Waals surface area contributed by atoms with Crippen LogP contribution in [0.15, 0.2) is 30.3 Å². The van der Waals surface area contributed by atoms with E-state index in [4.69, 9.17) is 5.26 Å². The number of aryl methyl sites for hydroxylation is 1. The zero-order valence-corrected chi connectivity index (χ0v) is 16.6. The van der Waals surface area contributed by atoms with E-state index in [1.807, 2.05) is 32.0 Å². The van der Waals surface area contributed by atoms with Crippen molar-refractivity contribution in [1.29, 1.82) is 5.26 Å². The minimum absolute atomic E-state index is 0.115. The van der Waals surface area contributed by atoms with E-state index in [0.717, 1.165) is 43.1 Å². The molecule has 0 aliphatic heterocycles. The second-order valence-corrected chi connectivity index (χ2v) is 7.41. The number of aromatic nitrogens is 2. The van der Waals surface area contributed by atoms with Crippen LogP contribution in [0.25, 0.3) is 0 Å². The van der Waals surface area contributed by atoms with Crippen molar-refractivity contribution in [2.45, 2.75) is 44.7 Å². The predicted octanol–water partition coefficient (Wildman–Crippen LogP) is 2.88. The Labute approximate surface area is 165 Å². The number of nitrogens with one attached hydrogen (secondary N) is 2. The monoisotopic (exact) mass is 378 g/mol. The number of nitriles is 1. The molecule has 0 unspecified atom stereocenters. The number of nitrogens with zero attached hydrogens (tertiary/aromatic N) is 4. The normalized spacial score (nSPS) is 18.8. The standard InChI is InChI=1S/C21H26N6O/c1-14-23-19(12-20(24-14)27(2)3)25-17-7-9-18(10-8-17)26-21(28)16-6-4-5-15(11-16)13-22/h4-6,11-12,17-18H,7-10H2,1-3H3,(H,26,28)(H,23,24,25)/t17-,18+. The molecule has 0 saturated heterocycles. The fourth-order valence-electron chi connectivity index (χ4n) is 3.44. The Morgan fingerprint density at radius 1 is 1.14 bits per heavy atom. The average molecular weight is 378 g/mol. The lowest BCUT2D eigenvalue weighted by Crippen LogP contribution is -2.40. The maximum Gasteiger partial charge on any atom is 0.251 e. The molecule has 146 valence electrons. The average Bonchev–Trinajstić information content (AvgIpc) is 2.69. The lowest BCUT2D eigenvalue weighted by molar-refractivity contribution is 0.0926. The molecule has 1 heterocycles. The number of rotatable bonds is 5. The molecule has 1 aromatic carbocycles. The van der Waals surface area contributed by atoms with Gasteiger partial charge >= 0.3 is 0 Å². The van der Waals surface area contributed by atoms with Crippen molar-refractivity contribution >= 4 is 17.5 Å². The Bertz CT molecular complexity index is 881. The maximum absolute atomic E-state index is 12.4. The van der Waals surface area contributed by atoms with E-state index >= 15 is 0 Å². The summed E-state index contributed by atoms with van der Waals surface area (Å²) in [5, 5.41) is 15.6. The first-order valence-corrected chi connectivity index (χ1v) is 9.55. The van der Waals surface area contributed by atoms with Crippen molar-refractivity contribution in [2.75, 3.05) is 24.3 Å². The van der Waals surface area contributed by atoms with Crippen LogP contribution in [-0.4, -0.2) is 42.1 Å². The van der Waals surface area contributed by atoms with Gasteiger partial charge in [-0.3, -0.25) is 4.79 Å². The molecule has 3 rings (SSSR count). The van der Waals surface area contributed by atoms with Gasteiger partial charge in [0.1, 0.15) is 17.5 Å². The summed E-state index contributed by atoms with van der Waals surface area (Å²) in [5.74, 6) is 2.36. The van der Waals surface area contributed by atoms with Gasteiger partial charge in [-0.05, 0) is 50.8 Å². The molecule has 0 radical (unpaired) electrons. The molecule has 2 N–H and O–H groups in total. The molecule has 1 aromatic heterocycles. The summed E-state index contributed by atoms with van der Waals surface area (Å²) in [6, 6.07) is 11.3. The van der Waals surface area contributed by atoms with Gasteiger partial charge in [-0.25, -0.2) is 9.97 Å². The fraction of sp³-hybridized carbons (Fsp3) is 0.429. The lowest BCUT2D eigenvalue weighted by atomic mass is 9.91. The smallest absolute Gasteiger partial charge is 0.251 e. The van der Waals surface area contributed by atoms with Crippen LogP contribution < -0.4 is 15.5 Å². The van der Waals surface area contributed by atoms with Crippen LogP contribution in [0, 0.1) is 18.3 Å². The summed E-state index contributed by atoms with van der Waals surface area (Å²) in [6.07, 6.45) is 3.74. The van der Waals surface area contributed by atoms with Crippen LogP contribution in [0.3, 0.4) is 0 Å². The first-order valence-electron chi connectivity index (χ1n) is 9.55. The number of hydrogen-bond donors (Lipinski definition) is 2. The zero-order chi connectivity index (χ0) is 20.1. The van der Waals surface area contributed by atoms with Crippen LogP contribution in [0.4, 0.5) is 11.6 Å². The summed E-state index contributed by atoms with van der Waals surface area (Å²) < 4.78 is 0. The number of benzene rings is 1. The highest BCUT2D eigenvalue weighted by atomic mass is 16.1. The maximum atomic E-state index is 12.4. The summed E-state index contributed by atoms with van der Waals surface area (Å²) in [7, 11) is 3.93. The third-order valence-corrected chi connectivity index (χ3v) is 4.95. The van der Waals surface area contributed by atoms with Crippen LogP contribution in [0.2, 0.25) is 0 Å². The third kappa shape index (κ3) is 4.97. The SMILES string of the molecule is Cc1nc(N[C@H]2CC[C@@H](NC(=O)c3cccc(C#N)c3)CC2)cc(N(C)C)n1. The van der Waals surface area contributed by atoms with Gasteiger partial charge in [0.25, 0.3) is 5.91 Å². The number of hydrogen-bond acceptors (Lipinski definition) is 6. The number of carbonyl (C=O) groups is 1. The molecule has 1 aliphatic carbocycles. The summed E-state index contributed by atoms with van der Waals surface area (Å²) in [6.45, 7) is 1.89. The summed E-state index contributed by atoms with van der Waals surface area (Å²) in [4.78, 5) is 23.3. The Morgan fingerprint density at radius 3 is 2.54 bits per heavy atom. The molecule has 1 saturated carbocycles. The molecule has 1 amide bonds. The molecule has 0 spiro atoms. The zero-order valence-electron chi connectivity index (χ0n) is 16.6. The molecule has 7 heteroatoms. The molecular weight excluding hydrogens is 352 g/mol. The van der Waals surface area contributed by atoms with Crippen molar-refractivity contribution in [3.63, 3.8) is 0 Å². The minimum Gasteiger partial charge on any atom is -0.367 e. The Balaban J connectivity index is 1.53. The van der Waals surface area contributed by atoms with Crippen molar-refractivity contribution in [1.82, 2.24) is 15.3 Å². The first-order chi connectivity index (χ1) is 13.4. The van der Waals surface area contributed by atoms with Crippen LogP contribution >= 0.6 is 0 Å². The van der Waals surface area contributed by atoms with Crippen molar-refractivity contribution in [3.8, 4) is 6.07 Å². The van der Waals surface area contributed by atoms with E-state index < -0.39 is 0 Å². The topological polar surface area (TPSA) is 93.9 Å². The quantitative estimate of drug-likeness (QED) is 0.831. The third-order valence-electron chi connectivity index (χ3n) is 4.95. The second-order valence-electron chi connectivity index (χ2n) is 7.41. The molecule has 7 nitrogen and oxygen atoms in total. The Hall–Kier alpha value is -3.14. The van der Waals surface area contributed by atoms with Gasteiger partial charge in [0.15, 0.2) is 0 Å².